The monoisotopic (exact) mass is 328 g/mol. The third kappa shape index (κ3) is 4.05. The van der Waals surface area contributed by atoms with Crippen LogP contribution in [0.1, 0.15) is 12.8 Å². The first kappa shape index (κ1) is 16.3. The number of morpholine rings is 1. The summed E-state index contributed by atoms with van der Waals surface area (Å²) in [5.41, 5.74) is 1.46. The van der Waals surface area contributed by atoms with Crippen LogP contribution in [0, 0.1) is 0 Å². The fourth-order valence-corrected chi connectivity index (χ4v) is 2.64. The molecule has 1 saturated heterocycles. The van der Waals surface area contributed by atoms with Gasteiger partial charge in [-0.1, -0.05) is 0 Å². The molecule has 1 amide bonds. The summed E-state index contributed by atoms with van der Waals surface area (Å²) >= 11 is 0. The molecule has 1 aliphatic heterocycles. The first-order chi connectivity index (χ1) is 11.7. The molecule has 3 heterocycles. The SMILES string of the molecule is O=C(CCCn1nc(-c2ccncc2)ccc1=O)N1CCOCC1. The minimum absolute atomic E-state index is 0.108. The van der Waals surface area contributed by atoms with E-state index >= 15 is 0 Å². The molecule has 0 unspecified atom stereocenters. The maximum absolute atomic E-state index is 12.1. The van der Waals surface area contributed by atoms with Crippen LogP contribution in [0.3, 0.4) is 0 Å². The second-order valence-corrected chi connectivity index (χ2v) is 5.61. The summed E-state index contributed by atoms with van der Waals surface area (Å²) in [7, 11) is 0. The summed E-state index contributed by atoms with van der Waals surface area (Å²) in [5.74, 6) is 0.108. The van der Waals surface area contributed by atoms with E-state index in [1.54, 1.807) is 18.5 Å². The lowest BCUT2D eigenvalue weighted by Crippen LogP contribution is -2.40. The molecule has 0 aromatic carbocycles. The maximum Gasteiger partial charge on any atom is 0.266 e. The normalized spacial score (nSPS) is 14.6. The number of nitrogens with zero attached hydrogens (tertiary/aromatic N) is 4. The zero-order valence-corrected chi connectivity index (χ0v) is 13.4. The number of hydrogen-bond donors (Lipinski definition) is 0. The number of aryl methyl sites for hydroxylation is 1. The molecule has 0 saturated carbocycles. The predicted octanol–water partition coefficient (Wildman–Crippen LogP) is 0.944. The number of hydrogen-bond acceptors (Lipinski definition) is 5. The molecular formula is C17H20N4O3. The van der Waals surface area contributed by atoms with Crippen LogP contribution in [0.5, 0.6) is 0 Å². The van der Waals surface area contributed by atoms with E-state index in [4.69, 9.17) is 4.74 Å². The van der Waals surface area contributed by atoms with E-state index in [1.807, 2.05) is 17.0 Å². The molecule has 0 radical (unpaired) electrons. The maximum atomic E-state index is 12.1. The molecule has 0 bridgehead atoms. The highest BCUT2D eigenvalue weighted by atomic mass is 16.5. The largest absolute Gasteiger partial charge is 0.378 e. The lowest BCUT2D eigenvalue weighted by atomic mass is 10.2. The van der Waals surface area contributed by atoms with E-state index in [2.05, 4.69) is 10.1 Å². The molecule has 0 N–H and O–H groups in total. The molecule has 0 atom stereocenters. The molecule has 7 nitrogen and oxygen atoms in total. The predicted molar refractivity (Wildman–Crippen MR) is 88.4 cm³/mol. The van der Waals surface area contributed by atoms with E-state index in [1.165, 1.54) is 10.7 Å². The summed E-state index contributed by atoms with van der Waals surface area (Å²) in [6, 6.07) is 6.90. The van der Waals surface area contributed by atoms with Crippen LogP contribution in [0.4, 0.5) is 0 Å². The van der Waals surface area contributed by atoms with Gasteiger partial charge in [0.15, 0.2) is 0 Å². The zero-order valence-electron chi connectivity index (χ0n) is 13.4. The highest BCUT2D eigenvalue weighted by Crippen LogP contribution is 2.13. The van der Waals surface area contributed by atoms with Crippen molar-refractivity contribution in [2.45, 2.75) is 19.4 Å². The van der Waals surface area contributed by atoms with Crippen LogP contribution in [0.15, 0.2) is 41.5 Å². The lowest BCUT2D eigenvalue weighted by molar-refractivity contribution is -0.135. The molecule has 0 spiro atoms. The van der Waals surface area contributed by atoms with Crippen LogP contribution in [0.25, 0.3) is 11.3 Å². The van der Waals surface area contributed by atoms with E-state index in [-0.39, 0.29) is 11.5 Å². The molecular weight excluding hydrogens is 308 g/mol. The third-order valence-electron chi connectivity index (χ3n) is 3.97. The van der Waals surface area contributed by atoms with Gasteiger partial charge < -0.3 is 9.64 Å². The lowest BCUT2D eigenvalue weighted by Gasteiger charge is -2.26. The van der Waals surface area contributed by atoms with Gasteiger partial charge in [0.1, 0.15) is 0 Å². The van der Waals surface area contributed by atoms with Crippen molar-refractivity contribution in [1.82, 2.24) is 19.7 Å². The van der Waals surface area contributed by atoms with Crippen LogP contribution in [0.2, 0.25) is 0 Å². The van der Waals surface area contributed by atoms with Crippen molar-refractivity contribution in [2.24, 2.45) is 0 Å². The van der Waals surface area contributed by atoms with Crippen molar-refractivity contribution in [3.05, 3.63) is 47.0 Å². The average Bonchev–Trinajstić information content (AvgIpc) is 2.64. The Hall–Kier alpha value is -2.54. The van der Waals surface area contributed by atoms with E-state index in [0.717, 1.165) is 11.3 Å². The Morgan fingerprint density at radius 1 is 1.12 bits per heavy atom. The fraction of sp³-hybridized carbons (Fsp3) is 0.412. The van der Waals surface area contributed by atoms with E-state index in [9.17, 15) is 9.59 Å². The third-order valence-corrected chi connectivity index (χ3v) is 3.97. The summed E-state index contributed by atoms with van der Waals surface area (Å²) in [6.45, 7) is 2.92. The second kappa shape index (κ2) is 7.83. The quantitative estimate of drug-likeness (QED) is 0.816. The fourth-order valence-electron chi connectivity index (χ4n) is 2.64. The van der Waals surface area contributed by atoms with Crippen molar-refractivity contribution < 1.29 is 9.53 Å². The van der Waals surface area contributed by atoms with Crippen LogP contribution in [-0.2, 0) is 16.1 Å². The Labute approximate surface area is 139 Å². The molecule has 1 aliphatic rings. The van der Waals surface area contributed by atoms with Crippen molar-refractivity contribution >= 4 is 5.91 Å². The summed E-state index contributed by atoms with van der Waals surface area (Å²) < 4.78 is 6.66. The van der Waals surface area contributed by atoms with Gasteiger partial charge in [0.2, 0.25) is 5.91 Å². The van der Waals surface area contributed by atoms with Gasteiger partial charge >= 0.3 is 0 Å². The van der Waals surface area contributed by atoms with Crippen molar-refractivity contribution in [3.8, 4) is 11.3 Å². The van der Waals surface area contributed by atoms with E-state index in [0.29, 0.717) is 45.7 Å². The molecule has 2 aromatic heterocycles. The van der Waals surface area contributed by atoms with Gasteiger partial charge in [0.05, 0.1) is 18.9 Å². The number of pyridine rings is 1. The van der Waals surface area contributed by atoms with Crippen molar-refractivity contribution in [3.63, 3.8) is 0 Å². The Morgan fingerprint density at radius 3 is 2.62 bits per heavy atom. The summed E-state index contributed by atoms with van der Waals surface area (Å²) in [6.07, 6.45) is 4.37. The van der Waals surface area contributed by atoms with Gasteiger partial charge in [0, 0.05) is 50.1 Å². The highest BCUT2D eigenvalue weighted by Gasteiger charge is 2.16. The number of rotatable bonds is 5. The molecule has 0 aliphatic carbocycles. The smallest absolute Gasteiger partial charge is 0.266 e. The van der Waals surface area contributed by atoms with Crippen LogP contribution < -0.4 is 5.56 Å². The Kier molecular flexibility index (Phi) is 5.32. The summed E-state index contributed by atoms with van der Waals surface area (Å²) in [5, 5.41) is 4.38. The number of amides is 1. The van der Waals surface area contributed by atoms with Gasteiger partial charge in [0.25, 0.3) is 5.56 Å². The number of aromatic nitrogens is 3. The molecule has 1 fully saturated rings. The molecule has 126 valence electrons. The average molecular weight is 328 g/mol. The topological polar surface area (TPSA) is 77.3 Å². The minimum Gasteiger partial charge on any atom is -0.378 e. The van der Waals surface area contributed by atoms with Gasteiger partial charge in [-0.2, -0.15) is 5.10 Å². The number of carbonyl (C=O) groups excluding carboxylic acids is 1. The van der Waals surface area contributed by atoms with Gasteiger partial charge in [-0.25, -0.2) is 4.68 Å². The standard InChI is InChI=1S/C17H20N4O3/c22-16(20-10-12-24-13-11-20)2-1-9-21-17(23)4-3-15(19-21)14-5-7-18-8-6-14/h3-8H,1-2,9-13H2. The Bertz CT molecular complexity index is 739. The Morgan fingerprint density at radius 2 is 1.88 bits per heavy atom. The zero-order chi connectivity index (χ0) is 16.8. The first-order valence-electron chi connectivity index (χ1n) is 8.08. The van der Waals surface area contributed by atoms with E-state index < -0.39 is 0 Å². The molecule has 7 heteroatoms. The van der Waals surface area contributed by atoms with Crippen molar-refractivity contribution in [1.29, 1.82) is 0 Å². The minimum atomic E-state index is -0.161. The molecule has 24 heavy (non-hydrogen) atoms. The second-order valence-electron chi connectivity index (χ2n) is 5.61. The highest BCUT2D eigenvalue weighted by molar-refractivity contribution is 5.76. The van der Waals surface area contributed by atoms with Crippen LogP contribution >= 0.6 is 0 Å². The van der Waals surface area contributed by atoms with Gasteiger partial charge in [-0.15, -0.1) is 0 Å². The van der Waals surface area contributed by atoms with Gasteiger partial charge in [-0.3, -0.25) is 14.6 Å². The first-order valence-corrected chi connectivity index (χ1v) is 8.08. The summed E-state index contributed by atoms with van der Waals surface area (Å²) in [4.78, 5) is 29.9. The van der Waals surface area contributed by atoms with Crippen LogP contribution in [-0.4, -0.2) is 51.9 Å². The van der Waals surface area contributed by atoms with Crippen molar-refractivity contribution in [2.75, 3.05) is 26.3 Å². The molecule has 2 aromatic rings. The number of ether oxygens (including phenoxy) is 1. The molecule has 3 rings (SSSR count). The Balaban J connectivity index is 1.60. The number of carbonyl (C=O) groups is 1. The van der Waals surface area contributed by atoms with Gasteiger partial charge in [-0.05, 0) is 24.6 Å².